The van der Waals surface area contributed by atoms with Crippen molar-refractivity contribution in [3.63, 3.8) is 0 Å². The maximum Gasteiger partial charge on any atom is 0.273 e. The van der Waals surface area contributed by atoms with Crippen molar-refractivity contribution in [3.8, 4) is 17.0 Å². The van der Waals surface area contributed by atoms with Crippen LogP contribution in [0.3, 0.4) is 0 Å². The molecule has 1 aromatic heterocycles. The highest BCUT2D eigenvalue weighted by atomic mass is 35.5. The zero-order valence-electron chi connectivity index (χ0n) is 14.9. The molecule has 4 rings (SSSR count). The summed E-state index contributed by atoms with van der Waals surface area (Å²) in [6.07, 6.45) is 0. The molecule has 0 fully saturated rings. The summed E-state index contributed by atoms with van der Waals surface area (Å²) in [5.41, 5.74) is 2.96. The molecule has 2 heterocycles. The van der Waals surface area contributed by atoms with Gasteiger partial charge in [-0.3, -0.25) is 9.89 Å². The zero-order valence-corrected chi connectivity index (χ0v) is 16.5. The molecule has 1 aliphatic rings. The van der Waals surface area contributed by atoms with Crippen molar-refractivity contribution in [1.82, 2.24) is 15.1 Å². The number of halogens is 2. The van der Waals surface area contributed by atoms with Gasteiger partial charge in [-0.15, -0.1) is 0 Å². The highest BCUT2D eigenvalue weighted by Gasteiger charge is 2.42. The molecule has 1 atom stereocenters. The molecule has 0 spiro atoms. The van der Waals surface area contributed by atoms with Gasteiger partial charge < -0.3 is 14.7 Å². The number of methoxy groups -OCH3 is 1. The van der Waals surface area contributed by atoms with E-state index >= 15 is 0 Å². The lowest BCUT2D eigenvalue weighted by atomic mass is 9.96. The highest BCUT2D eigenvalue weighted by Crippen LogP contribution is 2.45. The van der Waals surface area contributed by atoms with Crippen molar-refractivity contribution in [2.75, 3.05) is 20.3 Å². The smallest absolute Gasteiger partial charge is 0.273 e. The van der Waals surface area contributed by atoms with E-state index in [4.69, 9.17) is 27.9 Å². The molecule has 8 heteroatoms. The van der Waals surface area contributed by atoms with E-state index in [1.165, 1.54) is 0 Å². The first-order valence-corrected chi connectivity index (χ1v) is 9.40. The topological polar surface area (TPSA) is 78.5 Å². The standard InChI is InChI=1S/C20H17Cl2N3O3/c1-28-9-8-25-19(11-6-7-13(21)14(22)10-11)16-17(23-24-18(16)20(25)27)12-4-2-3-5-15(12)26/h2-7,10,19,26H,8-9H2,1H3,(H,23,24). The molecular formula is C20H17Cl2N3O3. The number of hydrogen-bond donors (Lipinski definition) is 2. The molecule has 0 saturated heterocycles. The van der Waals surface area contributed by atoms with Crippen LogP contribution >= 0.6 is 23.2 Å². The van der Waals surface area contributed by atoms with E-state index in [2.05, 4.69) is 10.2 Å². The van der Waals surface area contributed by atoms with E-state index in [1.807, 2.05) is 12.1 Å². The second-order valence-electron chi connectivity index (χ2n) is 6.45. The van der Waals surface area contributed by atoms with Crippen LogP contribution in [0.4, 0.5) is 0 Å². The first-order chi connectivity index (χ1) is 13.5. The Kier molecular flexibility index (Phi) is 5.02. The average Bonchev–Trinajstić information content (AvgIpc) is 3.22. The van der Waals surface area contributed by atoms with Crippen LogP contribution in [0.1, 0.15) is 27.7 Å². The molecule has 0 radical (unpaired) electrons. The van der Waals surface area contributed by atoms with Gasteiger partial charge in [0.15, 0.2) is 0 Å². The van der Waals surface area contributed by atoms with E-state index < -0.39 is 6.04 Å². The lowest BCUT2D eigenvalue weighted by Gasteiger charge is -2.26. The van der Waals surface area contributed by atoms with Crippen molar-refractivity contribution in [3.05, 3.63) is 69.3 Å². The summed E-state index contributed by atoms with van der Waals surface area (Å²) in [4.78, 5) is 14.7. The molecule has 0 aliphatic carbocycles. The number of nitrogens with zero attached hydrogens (tertiary/aromatic N) is 2. The maximum atomic E-state index is 13.0. The van der Waals surface area contributed by atoms with Crippen LogP contribution in [0, 0.1) is 0 Å². The molecule has 1 aliphatic heterocycles. The van der Waals surface area contributed by atoms with Gasteiger partial charge in [-0.25, -0.2) is 0 Å². The number of H-pyrrole nitrogens is 1. The summed E-state index contributed by atoms with van der Waals surface area (Å²) in [6, 6.07) is 11.8. The number of amides is 1. The Morgan fingerprint density at radius 3 is 2.71 bits per heavy atom. The number of nitrogens with one attached hydrogen (secondary N) is 1. The molecule has 0 bridgehead atoms. The van der Waals surface area contributed by atoms with E-state index in [1.54, 1.807) is 42.3 Å². The monoisotopic (exact) mass is 417 g/mol. The minimum Gasteiger partial charge on any atom is -0.507 e. The Balaban J connectivity index is 1.90. The Labute approximate surface area is 171 Å². The van der Waals surface area contributed by atoms with Crippen molar-refractivity contribution in [2.45, 2.75) is 6.04 Å². The number of aromatic nitrogens is 2. The van der Waals surface area contributed by atoms with Crippen LogP contribution in [0.15, 0.2) is 42.5 Å². The number of hydrogen-bond acceptors (Lipinski definition) is 4. The van der Waals surface area contributed by atoms with Gasteiger partial charge in [-0.1, -0.05) is 41.4 Å². The minimum atomic E-state index is -0.430. The fraction of sp³-hybridized carbons (Fsp3) is 0.200. The van der Waals surface area contributed by atoms with Gasteiger partial charge in [0.1, 0.15) is 17.1 Å². The summed E-state index contributed by atoms with van der Waals surface area (Å²) in [5, 5.41) is 18.3. The molecule has 28 heavy (non-hydrogen) atoms. The SMILES string of the molecule is COCCN1C(=O)c2[nH]nc(-c3ccccc3O)c2C1c1ccc(Cl)c(Cl)c1. The lowest BCUT2D eigenvalue weighted by molar-refractivity contribution is 0.0677. The number of rotatable bonds is 5. The number of fused-ring (bicyclic) bond motifs is 1. The van der Waals surface area contributed by atoms with E-state index in [-0.39, 0.29) is 11.7 Å². The lowest BCUT2D eigenvalue weighted by Crippen LogP contribution is -2.32. The number of carbonyl (C=O) groups is 1. The molecular weight excluding hydrogens is 401 g/mol. The van der Waals surface area contributed by atoms with Gasteiger partial charge in [0.2, 0.25) is 0 Å². The maximum absolute atomic E-state index is 13.0. The third-order valence-corrected chi connectivity index (χ3v) is 5.56. The van der Waals surface area contributed by atoms with Gasteiger partial charge in [0, 0.05) is 24.8 Å². The third-order valence-electron chi connectivity index (χ3n) is 4.82. The summed E-state index contributed by atoms with van der Waals surface area (Å²) < 4.78 is 5.18. The number of carbonyl (C=O) groups excluding carboxylic acids is 1. The summed E-state index contributed by atoms with van der Waals surface area (Å²) in [5.74, 6) is -0.0928. The van der Waals surface area contributed by atoms with Gasteiger partial charge >= 0.3 is 0 Å². The van der Waals surface area contributed by atoms with Crippen LogP contribution in [0.25, 0.3) is 11.3 Å². The largest absolute Gasteiger partial charge is 0.507 e. The number of phenolic OH excluding ortho intramolecular Hbond substituents is 1. The fourth-order valence-electron chi connectivity index (χ4n) is 3.53. The van der Waals surface area contributed by atoms with Crippen LogP contribution in [-0.2, 0) is 4.74 Å². The van der Waals surface area contributed by atoms with E-state index in [0.29, 0.717) is 45.7 Å². The summed E-state index contributed by atoms with van der Waals surface area (Å²) in [7, 11) is 1.59. The van der Waals surface area contributed by atoms with Crippen LogP contribution < -0.4 is 0 Å². The number of aromatic amines is 1. The molecule has 144 valence electrons. The van der Waals surface area contributed by atoms with Crippen molar-refractivity contribution >= 4 is 29.1 Å². The molecule has 3 aromatic rings. The van der Waals surface area contributed by atoms with Gasteiger partial charge in [-0.2, -0.15) is 5.10 Å². The first-order valence-electron chi connectivity index (χ1n) is 8.64. The predicted octanol–water partition coefficient (Wildman–Crippen LogP) is 4.28. The molecule has 1 amide bonds. The van der Waals surface area contributed by atoms with Crippen molar-refractivity contribution in [1.29, 1.82) is 0 Å². The van der Waals surface area contributed by atoms with Crippen LogP contribution in [0.5, 0.6) is 5.75 Å². The first kappa shape index (κ1) is 18.8. The zero-order chi connectivity index (χ0) is 19.8. The van der Waals surface area contributed by atoms with Gasteiger partial charge in [0.25, 0.3) is 5.91 Å². The Bertz CT molecular complexity index is 1050. The third kappa shape index (κ3) is 3.03. The number of phenols is 1. The van der Waals surface area contributed by atoms with E-state index in [0.717, 1.165) is 5.56 Å². The molecule has 2 aromatic carbocycles. The van der Waals surface area contributed by atoms with Gasteiger partial charge in [-0.05, 0) is 29.8 Å². The minimum absolute atomic E-state index is 0.0903. The summed E-state index contributed by atoms with van der Waals surface area (Å²) >= 11 is 12.3. The Hall–Kier alpha value is -2.54. The number of aromatic hydroxyl groups is 1. The summed E-state index contributed by atoms with van der Waals surface area (Å²) in [6.45, 7) is 0.774. The number of para-hydroxylation sites is 1. The van der Waals surface area contributed by atoms with Crippen molar-refractivity contribution in [2.24, 2.45) is 0 Å². The average molecular weight is 418 g/mol. The Morgan fingerprint density at radius 2 is 2.00 bits per heavy atom. The number of ether oxygens (including phenoxy) is 1. The fourth-order valence-corrected chi connectivity index (χ4v) is 3.83. The second-order valence-corrected chi connectivity index (χ2v) is 7.26. The molecule has 6 nitrogen and oxygen atoms in total. The van der Waals surface area contributed by atoms with Gasteiger partial charge in [0.05, 0.1) is 22.7 Å². The highest BCUT2D eigenvalue weighted by molar-refractivity contribution is 6.42. The molecule has 1 unspecified atom stereocenters. The second kappa shape index (κ2) is 7.47. The van der Waals surface area contributed by atoms with Crippen LogP contribution in [0.2, 0.25) is 10.0 Å². The number of benzene rings is 2. The normalized spacial score (nSPS) is 15.9. The van der Waals surface area contributed by atoms with Crippen molar-refractivity contribution < 1.29 is 14.6 Å². The van der Waals surface area contributed by atoms with Crippen LogP contribution in [-0.4, -0.2) is 46.4 Å². The predicted molar refractivity (Wildman–Crippen MR) is 107 cm³/mol. The Morgan fingerprint density at radius 1 is 1.21 bits per heavy atom. The van der Waals surface area contributed by atoms with E-state index in [9.17, 15) is 9.90 Å². The molecule has 0 saturated carbocycles. The molecule has 2 N–H and O–H groups in total. The quantitative estimate of drug-likeness (QED) is 0.649.